The van der Waals surface area contributed by atoms with Crippen molar-refractivity contribution >= 4 is 61.9 Å². The quantitative estimate of drug-likeness (QED) is 0.300. The summed E-state index contributed by atoms with van der Waals surface area (Å²) in [5.41, 5.74) is 1.52. The van der Waals surface area contributed by atoms with E-state index in [1.165, 1.54) is 22.7 Å². The van der Waals surface area contributed by atoms with E-state index in [1.807, 2.05) is 30.3 Å². The second-order valence-corrected chi connectivity index (χ2v) is 7.75. The van der Waals surface area contributed by atoms with Crippen molar-refractivity contribution in [3.05, 3.63) is 79.2 Å². The zero-order chi connectivity index (χ0) is 18.0. The van der Waals surface area contributed by atoms with Crippen LogP contribution in [0.25, 0.3) is 6.08 Å². The van der Waals surface area contributed by atoms with Gasteiger partial charge in [-0.15, -0.1) is 0 Å². The molecule has 1 aliphatic rings. The number of hydrogen-bond donors (Lipinski definition) is 0. The maximum absolute atomic E-state index is 12.6. The van der Waals surface area contributed by atoms with Crippen molar-refractivity contribution in [1.82, 2.24) is 4.90 Å². The Kier molecular flexibility index (Phi) is 5.31. The third-order valence-corrected chi connectivity index (χ3v) is 5.57. The van der Waals surface area contributed by atoms with Gasteiger partial charge in [0, 0.05) is 6.07 Å². The average Bonchev–Trinajstić information content (AvgIpc) is 2.85. The standard InChI is InChI=1S/C17H11BrN2O3S2/c18-13-7-6-12(8-14(13)20(22)23)9-15-16(21)19(17(24)25-15)10-11-4-2-1-3-5-11/h1-9H,10H2/b15-9+. The number of thiocarbonyl (C=S) groups is 1. The number of nitro groups is 1. The van der Waals surface area contributed by atoms with Gasteiger partial charge in [-0.1, -0.05) is 60.4 Å². The number of nitro benzene ring substituents is 1. The molecule has 0 spiro atoms. The third-order valence-electron chi connectivity index (χ3n) is 3.52. The van der Waals surface area contributed by atoms with Gasteiger partial charge in [0.15, 0.2) is 0 Å². The first-order valence-electron chi connectivity index (χ1n) is 7.19. The number of amides is 1. The Morgan fingerprint density at radius 3 is 2.64 bits per heavy atom. The molecule has 0 bridgehead atoms. The molecule has 126 valence electrons. The van der Waals surface area contributed by atoms with Crippen molar-refractivity contribution in [2.75, 3.05) is 0 Å². The molecule has 25 heavy (non-hydrogen) atoms. The maximum Gasteiger partial charge on any atom is 0.284 e. The Morgan fingerprint density at radius 2 is 1.96 bits per heavy atom. The Hall–Kier alpha value is -2.03. The lowest BCUT2D eigenvalue weighted by atomic mass is 10.2. The van der Waals surface area contributed by atoms with Gasteiger partial charge in [0.05, 0.1) is 20.8 Å². The van der Waals surface area contributed by atoms with Crippen LogP contribution in [0.5, 0.6) is 0 Å². The predicted octanol–water partition coefficient (Wildman–Crippen LogP) is 4.76. The van der Waals surface area contributed by atoms with Gasteiger partial charge in [-0.2, -0.15) is 0 Å². The molecule has 0 aliphatic carbocycles. The summed E-state index contributed by atoms with van der Waals surface area (Å²) in [4.78, 5) is 25.2. The highest BCUT2D eigenvalue weighted by molar-refractivity contribution is 9.10. The lowest BCUT2D eigenvalue weighted by molar-refractivity contribution is -0.385. The summed E-state index contributed by atoms with van der Waals surface area (Å²) in [6, 6.07) is 14.3. The fourth-order valence-electron chi connectivity index (χ4n) is 2.31. The van der Waals surface area contributed by atoms with Gasteiger partial charge < -0.3 is 0 Å². The van der Waals surface area contributed by atoms with Gasteiger partial charge >= 0.3 is 0 Å². The van der Waals surface area contributed by atoms with Crippen LogP contribution in [0.4, 0.5) is 5.69 Å². The second kappa shape index (κ2) is 7.47. The number of halogens is 1. The molecular weight excluding hydrogens is 424 g/mol. The van der Waals surface area contributed by atoms with Crippen molar-refractivity contribution in [3.8, 4) is 0 Å². The molecule has 8 heteroatoms. The van der Waals surface area contributed by atoms with E-state index in [4.69, 9.17) is 12.2 Å². The molecule has 3 rings (SSSR count). The van der Waals surface area contributed by atoms with Gasteiger partial charge in [-0.25, -0.2) is 0 Å². The second-order valence-electron chi connectivity index (χ2n) is 5.22. The van der Waals surface area contributed by atoms with Crippen LogP contribution in [-0.2, 0) is 11.3 Å². The minimum absolute atomic E-state index is 0.0477. The average molecular weight is 435 g/mol. The summed E-state index contributed by atoms with van der Waals surface area (Å²) in [6.45, 7) is 0.406. The summed E-state index contributed by atoms with van der Waals surface area (Å²) < 4.78 is 0.873. The van der Waals surface area contributed by atoms with E-state index >= 15 is 0 Å². The van der Waals surface area contributed by atoms with E-state index in [0.717, 1.165) is 5.56 Å². The van der Waals surface area contributed by atoms with E-state index in [9.17, 15) is 14.9 Å². The van der Waals surface area contributed by atoms with Gasteiger partial charge in [0.2, 0.25) is 0 Å². The number of carbonyl (C=O) groups is 1. The summed E-state index contributed by atoms with van der Waals surface area (Å²) >= 11 is 9.66. The van der Waals surface area contributed by atoms with Crippen molar-refractivity contribution in [2.45, 2.75) is 6.54 Å². The highest BCUT2D eigenvalue weighted by atomic mass is 79.9. The summed E-state index contributed by atoms with van der Waals surface area (Å²) in [7, 11) is 0. The van der Waals surface area contributed by atoms with Crippen LogP contribution in [0.2, 0.25) is 0 Å². The molecule has 1 fully saturated rings. The Bertz CT molecular complexity index is 900. The molecule has 2 aromatic rings. The van der Waals surface area contributed by atoms with Crippen molar-refractivity contribution in [3.63, 3.8) is 0 Å². The number of carbonyl (C=O) groups excluding carboxylic acids is 1. The van der Waals surface area contributed by atoms with E-state index in [0.29, 0.717) is 25.8 Å². The largest absolute Gasteiger partial charge is 0.288 e. The normalized spacial score (nSPS) is 15.9. The van der Waals surface area contributed by atoms with E-state index < -0.39 is 4.92 Å². The molecule has 1 saturated heterocycles. The molecule has 0 atom stereocenters. The van der Waals surface area contributed by atoms with Crippen LogP contribution in [0.3, 0.4) is 0 Å². The first kappa shape index (κ1) is 17.8. The first-order chi connectivity index (χ1) is 12.0. The topological polar surface area (TPSA) is 63.4 Å². The smallest absolute Gasteiger partial charge is 0.284 e. The highest BCUT2D eigenvalue weighted by Crippen LogP contribution is 2.34. The minimum Gasteiger partial charge on any atom is -0.288 e. The molecule has 0 unspecified atom stereocenters. The first-order valence-corrected chi connectivity index (χ1v) is 9.21. The molecule has 0 saturated carbocycles. The fourth-order valence-corrected chi connectivity index (χ4v) is 3.96. The van der Waals surface area contributed by atoms with Crippen LogP contribution in [0.1, 0.15) is 11.1 Å². The molecular formula is C17H11BrN2O3S2. The molecule has 1 heterocycles. The van der Waals surface area contributed by atoms with E-state index in [-0.39, 0.29) is 11.6 Å². The number of thioether (sulfide) groups is 1. The zero-order valence-corrected chi connectivity index (χ0v) is 15.9. The molecule has 1 aliphatic heterocycles. The van der Waals surface area contributed by atoms with Crippen molar-refractivity contribution in [1.29, 1.82) is 0 Å². The summed E-state index contributed by atoms with van der Waals surface area (Å²) in [6.07, 6.45) is 1.63. The number of rotatable bonds is 4. The van der Waals surface area contributed by atoms with Crippen molar-refractivity contribution < 1.29 is 9.72 Å². The predicted molar refractivity (Wildman–Crippen MR) is 106 cm³/mol. The van der Waals surface area contributed by atoms with Crippen LogP contribution in [0, 0.1) is 10.1 Å². The molecule has 5 nitrogen and oxygen atoms in total. The molecule has 0 N–H and O–H groups in total. The lowest BCUT2D eigenvalue weighted by Crippen LogP contribution is -2.27. The van der Waals surface area contributed by atoms with E-state index in [2.05, 4.69) is 15.9 Å². The third kappa shape index (κ3) is 3.97. The van der Waals surface area contributed by atoms with Crippen LogP contribution in [-0.4, -0.2) is 20.1 Å². The lowest BCUT2D eigenvalue weighted by Gasteiger charge is -2.14. The van der Waals surface area contributed by atoms with E-state index in [1.54, 1.807) is 18.2 Å². The Balaban J connectivity index is 1.85. The van der Waals surface area contributed by atoms with Gasteiger partial charge in [-0.3, -0.25) is 19.8 Å². The molecule has 2 aromatic carbocycles. The number of nitrogens with zero attached hydrogens (tertiary/aromatic N) is 2. The Morgan fingerprint density at radius 1 is 1.24 bits per heavy atom. The monoisotopic (exact) mass is 434 g/mol. The van der Waals surface area contributed by atoms with Crippen LogP contribution in [0.15, 0.2) is 57.9 Å². The minimum atomic E-state index is -0.470. The summed E-state index contributed by atoms with van der Waals surface area (Å²) in [5.74, 6) is -0.190. The van der Waals surface area contributed by atoms with Crippen LogP contribution >= 0.6 is 39.9 Å². The SMILES string of the molecule is O=C1/C(=C\c2ccc(Br)c([N+](=O)[O-])c2)SC(=S)N1Cc1ccccc1. The maximum atomic E-state index is 12.6. The molecule has 1 amide bonds. The fraction of sp³-hybridized carbons (Fsp3) is 0.0588. The molecule has 0 aromatic heterocycles. The van der Waals surface area contributed by atoms with Crippen LogP contribution < -0.4 is 0 Å². The summed E-state index contributed by atoms with van der Waals surface area (Å²) in [5, 5.41) is 11.0. The van der Waals surface area contributed by atoms with Gasteiger partial charge in [0.25, 0.3) is 11.6 Å². The number of hydrogen-bond acceptors (Lipinski definition) is 5. The Labute approximate surface area is 162 Å². The van der Waals surface area contributed by atoms with Crippen molar-refractivity contribution in [2.24, 2.45) is 0 Å². The number of benzene rings is 2. The highest BCUT2D eigenvalue weighted by Gasteiger charge is 2.32. The van der Waals surface area contributed by atoms with Gasteiger partial charge in [-0.05, 0) is 39.2 Å². The molecule has 0 radical (unpaired) electrons. The van der Waals surface area contributed by atoms with Gasteiger partial charge in [0.1, 0.15) is 4.32 Å². The zero-order valence-electron chi connectivity index (χ0n) is 12.7.